The number of ether oxygens (including phenoxy) is 1. The van der Waals surface area contributed by atoms with Crippen LogP contribution >= 0.6 is 11.3 Å². The molecule has 0 atom stereocenters. The zero-order chi connectivity index (χ0) is 17.5. The first-order valence-electron chi connectivity index (χ1n) is 8.23. The highest BCUT2D eigenvalue weighted by molar-refractivity contribution is 7.21. The molecule has 1 aliphatic rings. The number of hydrogen-bond acceptors (Lipinski definition) is 7. The highest BCUT2D eigenvalue weighted by Crippen LogP contribution is 2.41. The van der Waals surface area contributed by atoms with Crippen LogP contribution in [0, 0.1) is 0 Å². The molecule has 6 nitrogen and oxygen atoms in total. The minimum Gasteiger partial charge on any atom is -0.493 e. The minimum absolute atomic E-state index is 0.0450. The summed E-state index contributed by atoms with van der Waals surface area (Å²) in [6.45, 7) is 7.79. The molecule has 0 spiro atoms. The molecule has 24 heavy (non-hydrogen) atoms. The van der Waals surface area contributed by atoms with Gasteiger partial charge in [-0.05, 0) is 26.7 Å². The molecule has 0 aromatic carbocycles. The number of nitrogen functional groups attached to an aromatic ring is 1. The molecule has 130 valence electrons. The molecular formula is C17H24N4O2S. The van der Waals surface area contributed by atoms with Crippen molar-refractivity contribution in [3.05, 3.63) is 10.9 Å². The lowest BCUT2D eigenvalue weighted by Crippen LogP contribution is -2.48. The van der Waals surface area contributed by atoms with E-state index in [1.807, 2.05) is 13.0 Å². The molecule has 0 bridgehead atoms. The lowest BCUT2D eigenvalue weighted by Gasteiger charge is -2.37. The lowest BCUT2D eigenvalue weighted by molar-refractivity contribution is 0.102. The molecule has 2 aromatic heterocycles. The van der Waals surface area contributed by atoms with Crippen molar-refractivity contribution >= 4 is 38.8 Å². The van der Waals surface area contributed by atoms with Gasteiger partial charge in [0, 0.05) is 31.6 Å². The van der Waals surface area contributed by atoms with Crippen LogP contribution in [0.2, 0.25) is 0 Å². The van der Waals surface area contributed by atoms with E-state index in [9.17, 15) is 4.79 Å². The molecule has 4 N–H and O–H groups in total. The second-order valence-electron chi connectivity index (χ2n) is 6.63. The normalized spacial score (nSPS) is 17.2. The average molecular weight is 348 g/mol. The number of nitrogens with two attached hydrogens (primary N) is 2. The van der Waals surface area contributed by atoms with E-state index in [0.29, 0.717) is 22.9 Å². The Morgan fingerprint density at radius 2 is 2.12 bits per heavy atom. The Morgan fingerprint density at radius 1 is 1.46 bits per heavy atom. The first-order chi connectivity index (χ1) is 11.3. The maximum Gasteiger partial charge on any atom is 0.171 e. The number of ketones is 1. The van der Waals surface area contributed by atoms with Crippen molar-refractivity contribution in [2.75, 3.05) is 30.3 Å². The molecule has 1 aliphatic heterocycles. The summed E-state index contributed by atoms with van der Waals surface area (Å²) in [4.78, 5) is 20.1. The summed E-state index contributed by atoms with van der Waals surface area (Å²) in [7, 11) is 0. The number of anilines is 2. The molecule has 1 fully saturated rings. The molecule has 0 unspecified atom stereocenters. The van der Waals surface area contributed by atoms with Crippen LogP contribution in [0.5, 0.6) is 5.75 Å². The molecule has 1 saturated heterocycles. The van der Waals surface area contributed by atoms with Crippen LogP contribution in [-0.4, -0.2) is 36.0 Å². The summed E-state index contributed by atoms with van der Waals surface area (Å²) in [5, 5.41) is 0.747. The molecular weight excluding hydrogens is 324 g/mol. The van der Waals surface area contributed by atoms with Gasteiger partial charge in [-0.3, -0.25) is 4.79 Å². The second kappa shape index (κ2) is 6.22. The number of rotatable bonds is 4. The van der Waals surface area contributed by atoms with Crippen molar-refractivity contribution < 1.29 is 9.53 Å². The van der Waals surface area contributed by atoms with Gasteiger partial charge in [-0.1, -0.05) is 0 Å². The fourth-order valence-corrected chi connectivity index (χ4v) is 4.01. The van der Waals surface area contributed by atoms with Gasteiger partial charge in [0.25, 0.3) is 0 Å². The van der Waals surface area contributed by atoms with Crippen molar-refractivity contribution in [1.82, 2.24) is 4.98 Å². The van der Waals surface area contributed by atoms with Crippen LogP contribution in [-0.2, 0) is 0 Å². The Labute approximate surface area is 145 Å². The smallest absolute Gasteiger partial charge is 0.171 e. The maximum atomic E-state index is 11.8. The fourth-order valence-electron chi connectivity index (χ4n) is 3.01. The molecule has 2 aromatic rings. The molecule has 3 heterocycles. The zero-order valence-corrected chi connectivity index (χ0v) is 15.2. The summed E-state index contributed by atoms with van der Waals surface area (Å²) in [5.41, 5.74) is 12.8. The van der Waals surface area contributed by atoms with Crippen molar-refractivity contribution in [2.45, 2.75) is 39.2 Å². The van der Waals surface area contributed by atoms with Gasteiger partial charge < -0.3 is 21.1 Å². The zero-order valence-electron chi connectivity index (χ0n) is 14.4. The number of carbonyl (C=O) groups is 1. The third kappa shape index (κ3) is 3.06. The molecule has 0 amide bonds. The Hall–Kier alpha value is -1.86. The predicted molar refractivity (Wildman–Crippen MR) is 99.2 cm³/mol. The van der Waals surface area contributed by atoms with Crippen molar-refractivity contribution in [1.29, 1.82) is 0 Å². The van der Waals surface area contributed by atoms with E-state index in [2.05, 4.69) is 11.8 Å². The number of aromatic nitrogens is 1. The van der Waals surface area contributed by atoms with Crippen LogP contribution in [0.15, 0.2) is 6.07 Å². The second-order valence-corrected chi connectivity index (χ2v) is 7.63. The minimum atomic E-state index is -0.113. The van der Waals surface area contributed by atoms with Gasteiger partial charge in [-0.25, -0.2) is 4.98 Å². The predicted octanol–water partition coefficient (Wildman–Crippen LogP) is 2.80. The third-order valence-corrected chi connectivity index (χ3v) is 5.70. The average Bonchev–Trinajstić information content (AvgIpc) is 2.85. The summed E-state index contributed by atoms with van der Waals surface area (Å²) in [6.07, 6.45) is 1.84. The number of hydrogen-bond donors (Lipinski definition) is 2. The lowest BCUT2D eigenvalue weighted by atomic mass is 9.91. The number of piperidine rings is 1. The van der Waals surface area contributed by atoms with Gasteiger partial charge in [0.15, 0.2) is 5.78 Å². The van der Waals surface area contributed by atoms with Crippen LogP contribution < -0.4 is 21.1 Å². The van der Waals surface area contributed by atoms with Crippen molar-refractivity contribution in [3.63, 3.8) is 0 Å². The molecule has 7 heteroatoms. The molecule has 0 aliphatic carbocycles. The molecule has 3 rings (SSSR count). The van der Waals surface area contributed by atoms with E-state index in [0.717, 1.165) is 42.0 Å². The first-order valence-corrected chi connectivity index (χ1v) is 9.04. The maximum absolute atomic E-state index is 11.8. The van der Waals surface area contributed by atoms with E-state index < -0.39 is 0 Å². The van der Waals surface area contributed by atoms with Crippen LogP contribution in [0.3, 0.4) is 0 Å². The summed E-state index contributed by atoms with van der Waals surface area (Å²) < 4.78 is 5.79. The largest absolute Gasteiger partial charge is 0.493 e. The van der Waals surface area contributed by atoms with Gasteiger partial charge >= 0.3 is 0 Å². The SMILES string of the molecule is CCOc1cc(N2CCC(C)(N)CC2)nc2sc(C(C)=O)c(N)c12. The van der Waals surface area contributed by atoms with Gasteiger partial charge in [-0.2, -0.15) is 0 Å². The number of pyridine rings is 1. The van der Waals surface area contributed by atoms with E-state index in [-0.39, 0.29) is 11.3 Å². The van der Waals surface area contributed by atoms with Gasteiger partial charge in [-0.15, -0.1) is 11.3 Å². The number of thiophene rings is 1. The monoisotopic (exact) mass is 348 g/mol. The topological polar surface area (TPSA) is 94.5 Å². The van der Waals surface area contributed by atoms with E-state index in [4.69, 9.17) is 21.2 Å². The van der Waals surface area contributed by atoms with Crippen LogP contribution in [0.4, 0.5) is 11.5 Å². The number of nitrogens with zero attached hydrogens (tertiary/aromatic N) is 2. The van der Waals surface area contributed by atoms with E-state index in [1.54, 1.807) is 0 Å². The number of carbonyl (C=O) groups excluding carboxylic acids is 1. The summed E-state index contributed by atoms with van der Waals surface area (Å²) >= 11 is 1.33. The molecule has 0 saturated carbocycles. The van der Waals surface area contributed by atoms with Gasteiger partial charge in [0.1, 0.15) is 16.4 Å². The van der Waals surface area contributed by atoms with Crippen molar-refractivity contribution in [2.24, 2.45) is 5.73 Å². The van der Waals surface area contributed by atoms with Crippen molar-refractivity contribution in [3.8, 4) is 5.75 Å². The molecule has 0 radical (unpaired) electrons. The third-order valence-electron chi connectivity index (χ3n) is 4.50. The highest BCUT2D eigenvalue weighted by Gasteiger charge is 2.28. The summed E-state index contributed by atoms with van der Waals surface area (Å²) in [6, 6.07) is 1.93. The highest BCUT2D eigenvalue weighted by atomic mass is 32.1. The van der Waals surface area contributed by atoms with Gasteiger partial charge in [0.05, 0.1) is 22.6 Å². The van der Waals surface area contributed by atoms with E-state index >= 15 is 0 Å². The van der Waals surface area contributed by atoms with Crippen LogP contribution in [0.1, 0.15) is 43.3 Å². The Balaban J connectivity index is 2.05. The first kappa shape index (κ1) is 17.0. The van der Waals surface area contributed by atoms with Gasteiger partial charge in [0.2, 0.25) is 0 Å². The van der Waals surface area contributed by atoms with E-state index in [1.165, 1.54) is 18.3 Å². The fraction of sp³-hybridized carbons (Fsp3) is 0.529. The van der Waals surface area contributed by atoms with Crippen LogP contribution in [0.25, 0.3) is 10.2 Å². The number of fused-ring (bicyclic) bond motifs is 1. The quantitative estimate of drug-likeness (QED) is 0.825. The number of Topliss-reactive ketones (excluding diaryl/α,β-unsaturated/α-hetero) is 1. The Morgan fingerprint density at radius 3 is 2.71 bits per heavy atom. The Bertz CT molecular complexity index is 774. The Kier molecular flexibility index (Phi) is 4.40. The summed E-state index contributed by atoms with van der Waals surface area (Å²) in [5.74, 6) is 1.51. The standard InChI is InChI=1S/C17H24N4O2S/c1-4-23-11-9-12(21-7-5-17(3,19)6-8-21)20-16-13(11)14(18)15(24-16)10(2)22/h9H,4-8,18-19H2,1-3H3.